The molecule has 0 radical (unpaired) electrons. The minimum atomic E-state index is -0.400. The van der Waals surface area contributed by atoms with Crippen LogP contribution in [0.15, 0.2) is 36.8 Å². The van der Waals surface area contributed by atoms with E-state index in [0.717, 1.165) is 34.0 Å². The molecule has 4 aromatic heterocycles. The zero-order valence-corrected chi connectivity index (χ0v) is 18.1. The number of ether oxygens (including phenoxy) is 1. The molecule has 0 N–H and O–H groups in total. The van der Waals surface area contributed by atoms with Crippen LogP contribution < -0.4 is 4.74 Å². The van der Waals surface area contributed by atoms with Gasteiger partial charge in [-0.1, -0.05) is 0 Å². The Labute approximate surface area is 175 Å². The van der Waals surface area contributed by atoms with E-state index in [-0.39, 0.29) is 5.91 Å². The third-order valence-electron chi connectivity index (χ3n) is 5.55. The van der Waals surface area contributed by atoms with Crippen LogP contribution in [-0.4, -0.2) is 53.2 Å². The van der Waals surface area contributed by atoms with Crippen LogP contribution in [0, 0.1) is 6.92 Å². The van der Waals surface area contributed by atoms with Gasteiger partial charge in [-0.05, 0) is 40.6 Å². The van der Waals surface area contributed by atoms with Crippen molar-refractivity contribution in [1.82, 2.24) is 33.6 Å². The van der Waals surface area contributed by atoms with E-state index in [9.17, 15) is 4.79 Å². The monoisotopic (exact) mass is 423 g/mol. The van der Waals surface area contributed by atoms with E-state index in [0.29, 0.717) is 18.7 Å². The van der Waals surface area contributed by atoms with Gasteiger partial charge in [-0.25, -0.2) is 9.50 Å². The van der Waals surface area contributed by atoms with Crippen LogP contribution in [0.5, 0.6) is 5.75 Å². The summed E-state index contributed by atoms with van der Waals surface area (Å²) in [6.07, 6.45) is 4.35. The molecule has 1 aliphatic rings. The van der Waals surface area contributed by atoms with Crippen molar-refractivity contribution in [3.63, 3.8) is 0 Å². The summed E-state index contributed by atoms with van der Waals surface area (Å²) in [7, 11) is 6.09. The predicted octanol–water partition coefficient (Wildman–Crippen LogP) is 2.01. The van der Waals surface area contributed by atoms with Crippen LogP contribution in [0.2, 0.25) is 0 Å². The number of aromatic nitrogens is 6. The molecule has 0 fully saturated rings. The highest BCUT2D eigenvalue weighted by atomic mass is 31.0. The maximum absolute atomic E-state index is 13.5. The van der Waals surface area contributed by atoms with Crippen molar-refractivity contribution in [3.8, 4) is 5.75 Å². The Morgan fingerprint density at radius 1 is 1.30 bits per heavy atom. The summed E-state index contributed by atoms with van der Waals surface area (Å²) in [5.41, 5.74) is 4.87. The Bertz CT molecular complexity index is 1270. The van der Waals surface area contributed by atoms with Gasteiger partial charge in [0.15, 0.2) is 0 Å². The second-order valence-electron chi connectivity index (χ2n) is 7.40. The molecule has 5 heterocycles. The summed E-state index contributed by atoms with van der Waals surface area (Å²) < 4.78 is 10.8. The van der Waals surface area contributed by atoms with Crippen LogP contribution in [0.1, 0.15) is 39.3 Å². The van der Waals surface area contributed by atoms with E-state index in [4.69, 9.17) is 9.84 Å². The SMILES string of the molecule is COc1cccn2nc([C@@H]3c4ncn(P)c4CCN3C(=O)c3cc(C)nn3C)cc12. The van der Waals surface area contributed by atoms with Crippen LogP contribution in [0.4, 0.5) is 0 Å². The van der Waals surface area contributed by atoms with Gasteiger partial charge in [0, 0.05) is 31.9 Å². The van der Waals surface area contributed by atoms with Gasteiger partial charge in [-0.3, -0.25) is 9.48 Å². The van der Waals surface area contributed by atoms with Gasteiger partial charge in [0.1, 0.15) is 23.0 Å². The molecule has 1 unspecified atom stereocenters. The number of rotatable bonds is 3. The van der Waals surface area contributed by atoms with Crippen LogP contribution in [0.3, 0.4) is 0 Å². The number of imidazole rings is 1. The number of carbonyl (C=O) groups is 1. The first-order valence-corrected chi connectivity index (χ1v) is 10.1. The van der Waals surface area contributed by atoms with Gasteiger partial charge in [-0.2, -0.15) is 10.2 Å². The Balaban J connectivity index is 1.66. The van der Waals surface area contributed by atoms with E-state index >= 15 is 0 Å². The van der Waals surface area contributed by atoms with Crippen molar-refractivity contribution in [2.75, 3.05) is 13.7 Å². The fourth-order valence-corrected chi connectivity index (χ4v) is 4.51. The molecule has 0 aromatic carbocycles. The molecule has 0 saturated carbocycles. The summed E-state index contributed by atoms with van der Waals surface area (Å²) >= 11 is 0. The number of nitrogens with zero attached hydrogens (tertiary/aromatic N) is 7. The molecule has 1 aliphatic heterocycles. The fraction of sp³-hybridized carbons (Fsp3) is 0.300. The van der Waals surface area contributed by atoms with E-state index in [1.807, 2.05) is 46.6 Å². The molecule has 9 nitrogen and oxygen atoms in total. The van der Waals surface area contributed by atoms with Gasteiger partial charge in [0.2, 0.25) is 0 Å². The first kappa shape index (κ1) is 18.8. The Morgan fingerprint density at radius 3 is 2.87 bits per heavy atom. The first-order valence-electron chi connectivity index (χ1n) is 9.63. The number of aryl methyl sites for hydroxylation is 2. The van der Waals surface area contributed by atoms with Crippen molar-refractivity contribution < 1.29 is 9.53 Å². The van der Waals surface area contributed by atoms with Crippen molar-refractivity contribution in [2.45, 2.75) is 19.4 Å². The number of methoxy groups -OCH3 is 1. The molecule has 2 atom stereocenters. The molecule has 0 spiro atoms. The molecule has 0 saturated heterocycles. The van der Waals surface area contributed by atoms with Gasteiger partial charge in [0.25, 0.3) is 5.91 Å². The topological polar surface area (TPSA) is 82.5 Å². The summed E-state index contributed by atoms with van der Waals surface area (Å²) in [4.78, 5) is 20.0. The zero-order chi connectivity index (χ0) is 21.0. The number of fused-ring (bicyclic) bond motifs is 2. The summed E-state index contributed by atoms with van der Waals surface area (Å²) in [5, 5.41) is 9.11. The third-order valence-corrected chi connectivity index (χ3v) is 6.00. The lowest BCUT2D eigenvalue weighted by atomic mass is 9.99. The predicted molar refractivity (Wildman–Crippen MR) is 114 cm³/mol. The number of carbonyl (C=O) groups excluding carboxylic acids is 1. The lowest BCUT2D eigenvalue weighted by molar-refractivity contribution is 0.0675. The molecule has 0 bridgehead atoms. The Hall–Kier alpha value is -3.19. The maximum atomic E-state index is 13.5. The number of hydrogen-bond acceptors (Lipinski definition) is 5. The number of amides is 1. The second kappa shape index (κ2) is 6.95. The molecule has 5 rings (SSSR count). The highest BCUT2D eigenvalue weighted by molar-refractivity contribution is 7.14. The Kier molecular flexibility index (Phi) is 4.36. The van der Waals surface area contributed by atoms with Crippen LogP contribution >= 0.6 is 9.39 Å². The van der Waals surface area contributed by atoms with Crippen LogP contribution in [-0.2, 0) is 13.5 Å². The van der Waals surface area contributed by atoms with Crippen molar-refractivity contribution >= 4 is 20.8 Å². The summed E-state index contributed by atoms with van der Waals surface area (Å²) in [5.74, 6) is 0.639. The third kappa shape index (κ3) is 2.81. The lowest BCUT2D eigenvalue weighted by Gasteiger charge is -2.34. The standard InChI is InChI=1S/C20H22N7O2P/c1-12-9-16(24(2)22-12)20(28)25-8-6-14-18(21-11-27(14)30)19(25)13-10-15-17(29-3)5-4-7-26(15)23-13/h4-5,7,9-11,19H,6,8,30H2,1-3H3/t19-/m1/s1. The lowest BCUT2D eigenvalue weighted by Crippen LogP contribution is -2.41. The zero-order valence-electron chi connectivity index (χ0n) is 17.0. The molecular weight excluding hydrogens is 401 g/mol. The van der Waals surface area contributed by atoms with Crippen molar-refractivity contribution in [3.05, 3.63) is 65.3 Å². The Morgan fingerprint density at radius 2 is 2.13 bits per heavy atom. The molecule has 30 heavy (non-hydrogen) atoms. The van der Waals surface area contributed by atoms with Gasteiger partial charge in [-0.15, -0.1) is 0 Å². The van der Waals surface area contributed by atoms with E-state index < -0.39 is 6.04 Å². The summed E-state index contributed by atoms with van der Waals surface area (Å²) in [6.45, 7) is 2.44. The smallest absolute Gasteiger partial charge is 0.273 e. The molecule has 10 heteroatoms. The van der Waals surface area contributed by atoms with E-state index in [1.54, 1.807) is 29.7 Å². The molecule has 154 valence electrons. The first-order chi connectivity index (χ1) is 14.5. The summed E-state index contributed by atoms with van der Waals surface area (Å²) in [6, 6.07) is 7.16. The van der Waals surface area contributed by atoms with Crippen molar-refractivity contribution in [2.24, 2.45) is 7.05 Å². The minimum absolute atomic E-state index is 0.0870. The largest absolute Gasteiger partial charge is 0.494 e. The minimum Gasteiger partial charge on any atom is -0.494 e. The fourth-order valence-electron chi connectivity index (χ4n) is 4.18. The van der Waals surface area contributed by atoms with Gasteiger partial charge in [0.05, 0.1) is 30.5 Å². The quantitative estimate of drug-likeness (QED) is 0.471. The molecular formula is C20H22N7O2P. The highest BCUT2D eigenvalue weighted by Crippen LogP contribution is 2.36. The van der Waals surface area contributed by atoms with Gasteiger partial charge < -0.3 is 14.0 Å². The van der Waals surface area contributed by atoms with Gasteiger partial charge >= 0.3 is 0 Å². The second-order valence-corrected chi connectivity index (χ2v) is 7.96. The molecule has 1 amide bonds. The normalized spacial score (nSPS) is 16.1. The highest BCUT2D eigenvalue weighted by Gasteiger charge is 2.38. The number of pyridine rings is 1. The van der Waals surface area contributed by atoms with Crippen molar-refractivity contribution in [1.29, 1.82) is 0 Å². The molecule has 0 aliphatic carbocycles. The van der Waals surface area contributed by atoms with E-state index in [1.165, 1.54) is 0 Å². The van der Waals surface area contributed by atoms with E-state index in [2.05, 4.69) is 19.5 Å². The van der Waals surface area contributed by atoms with Crippen LogP contribution in [0.25, 0.3) is 5.52 Å². The average Bonchev–Trinajstić information content (AvgIpc) is 3.43. The maximum Gasteiger partial charge on any atom is 0.273 e. The number of hydrogen-bond donors (Lipinski definition) is 0. The average molecular weight is 423 g/mol. The molecule has 4 aromatic rings.